The minimum Gasteiger partial charge on any atom is -0.492 e. The number of hydrogen-bond acceptors (Lipinski definition) is 6. The fourth-order valence-corrected chi connectivity index (χ4v) is 2.60. The van der Waals surface area contributed by atoms with E-state index in [4.69, 9.17) is 10.5 Å². The summed E-state index contributed by atoms with van der Waals surface area (Å²) in [5.41, 5.74) is 1.16. The lowest BCUT2D eigenvalue weighted by atomic mass is 10.2. The standard InChI is InChI=1S/C12H13IN4O2S/c13-7-1-3-8(4-2-7)16-12-9(11(19)17-20-12)10(14)15-5-6-18/h1-4,16,18H,5-6H2,(H2,14,15)(H,17,19). The van der Waals surface area contributed by atoms with Gasteiger partial charge in [-0.3, -0.25) is 5.41 Å². The van der Waals surface area contributed by atoms with Gasteiger partial charge < -0.3 is 20.8 Å². The third-order valence-electron chi connectivity index (χ3n) is 2.44. The van der Waals surface area contributed by atoms with Crippen LogP contribution < -0.4 is 10.6 Å². The Kier molecular flexibility index (Phi) is 5.15. The molecular formula is C12H13IN4O2S. The molecular weight excluding hydrogens is 391 g/mol. The van der Waals surface area contributed by atoms with Crippen molar-refractivity contribution in [3.8, 4) is 5.88 Å². The summed E-state index contributed by atoms with van der Waals surface area (Å²) < 4.78 is 4.97. The van der Waals surface area contributed by atoms with Crippen LogP contribution in [0.15, 0.2) is 24.3 Å². The van der Waals surface area contributed by atoms with Crippen LogP contribution in [-0.2, 0) is 0 Å². The predicted molar refractivity (Wildman–Crippen MR) is 88.1 cm³/mol. The van der Waals surface area contributed by atoms with Crippen molar-refractivity contribution >= 4 is 50.6 Å². The SMILES string of the molecule is N=C(NCCO)c1c(O)nsc1Nc1ccc(I)cc1. The smallest absolute Gasteiger partial charge is 0.236 e. The van der Waals surface area contributed by atoms with E-state index in [2.05, 4.69) is 37.6 Å². The third-order valence-corrected chi connectivity index (χ3v) is 3.91. The maximum absolute atomic E-state index is 9.74. The molecule has 0 fully saturated rings. The Morgan fingerprint density at radius 2 is 2.05 bits per heavy atom. The highest BCUT2D eigenvalue weighted by molar-refractivity contribution is 14.1. The first kappa shape index (κ1) is 15.0. The number of nitrogens with zero attached hydrogens (tertiary/aromatic N) is 1. The van der Waals surface area contributed by atoms with Crippen molar-refractivity contribution in [3.63, 3.8) is 0 Å². The predicted octanol–water partition coefficient (Wildman–Crippen LogP) is 2.10. The van der Waals surface area contributed by atoms with Crippen LogP contribution >= 0.6 is 34.1 Å². The Labute approximate surface area is 133 Å². The molecule has 1 aromatic carbocycles. The van der Waals surface area contributed by atoms with Crippen molar-refractivity contribution in [3.05, 3.63) is 33.4 Å². The van der Waals surface area contributed by atoms with E-state index in [1.54, 1.807) is 0 Å². The molecule has 5 N–H and O–H groups in total. The van der Waals surface area contributed by atoms with Crippen LogP contribution in [0.1, 0.15) is 5.56 Å². The van der Waals surface area contributed by atoms with Gasteiger partial charge in [0.2, 0.25) is 5.88 Å². The van der Waals surface area contributed by atoms with Crippen LogP contribution in [0.4, 0.5) is 10.7 Å². The highest BCUT2D eigenvalue weighted by Crippen LogP contribution is 2.32. The maximum atomic E-state index is 9.74. The normalized spacial score (nSPS) is 10.3. The number of nitrogens with one attached hydrogen (secondary N) is 3. The minimum atomic E-state index is -0.196. The van der Waals surface area contributed by atoms with Crippen LogP contribution in [0, 0.1) is 8.98 Å². The number of benzene rings is 1. The van der Waals surface area contributed by atoms with E-state index in [1.165, 1.54) is 0 Å². The van der Waals surface area contributed by atoms with Crippen LogP contribution in [0.3, 0.4) is 0 Å². The van der Waals surface area contributed by atoms with Gasteiger partial charge in [-0.1, -0.05) is 0 Å². The molecule has 0 amide bonds. The highest BCUT2D eigenvalue weighted by Gasteiger charge is 2.17. The fourth-order valence-electron chi connectivity index (χ4n) is 1.53. The van der Waals surface area contributed by atoms with E-state index in [0.717, 1.165) is 20.8 Å². The van der Waals surface area contributed by atoms with Crippen molar-refractivity contribution in [1.29, 1.82) is 5.41 Å². The first-order valence-corrected chi connectivity index (χ1v) is 7.62. The first-order valence-electron chi connectivity index (χ1n) is 5.76. The number of anilines is 2. The average molecular weight is 404 g/mol. The zero-order valence-electron chi connectivity index (χ0n) is 10.4. The number of hydrogen-bond donors (Lipinski definition) is 5. The molecule has 0 spiro atoms. The number of halogens is 1. The van der Waals surface area contributed by atoms with Crippen LogP contribution in [0.5, 0.6) is 5.88 Å². The second kappa shape index (κ2) is 6.86. The third kappa shape index (κ3) is 3.58. The van der Waals surface area contributed by atoms with E-state index in [0.29, 0.717) is 10.6 Å². The Morgan fingerprint density at radius 3 is 2.70 bits per heavy atom. The van der Waals surface area contributed by atoms with Crippen LogP contribution in [0.2, 0.25) is 0 Å². The Bertz CT molecular complexity index is 600. The lowest BCUT2D eigenvalue weighted by Crippen LogP contribution is -2.26. The number of rotatable bonds is 5. The van der Waals surface area contributed by atoms with E-state index in [-0.39, 0.29) is 24.9 Å². The molecule has 8 heteroatoms. The number of aromatic hydroxyl groups is 1. The van der Waals surface area contributed by atoms with Gasteiger partial charge in [-0.2, -0.15) is 4.37 Å². The quantitative estimate of drug-likeness (QED) is 0.299. The van der Waals surface area contributed by atoms with Crippen molar-refractivity contribution in [2.24, 2.45) is 0 Å². The van der Waals surface area contributed by atoms with E-state index < -0.39 is 0 Å². The largest absolute Gasteiger partial charge is 0.492 e. The topological polar surface area (TPSA) is 101 Å². The summed E-state index contributed by atoms with van der Waals surface area (Å²) in [6.07, 6.45) is 0. The van der Waals surface area contributed by atoms with Crippen molar-refractivity contribution in [2.45, 2.75) is 0 Å². The molecule has 0 saturated heterocycles. The van der Waals surface area contributed by atoms with E-state index in [1.807, 2.05) is 24.3 Å². The molecule has 0 aliphatic carbocycles. The van der Waals surface area contributed by atoms with Gasteiger partial charge >= 0.3 is 0 Å². The molecule has 20 heavy (non-hydrogen) atoms. The van der Waals surface area contributed by atoms with Crippen molar-refractivity contribution in [2.75, 3.05) is 18.5 Å². The molecule has 0 radical (unpaired) electrons. The summed E-state index contributed by atoms with van der Waals surface area (Å²) in [6.45, 7) is 0.164. The molecule has 106 valence electrons. The molecule has 0 bridgehead atoms. The molecule has 2 rings (SSSR count). The van der Waals surface area contributed by atoms with Gasteiger partial charge in [0, 0.05) is 15.8 Å². The zero-order valence-corrected chi connectivity index (χ0v) is 13.3. The summed E-state index contributed by atoms with van der Waals surface area (Å²) >= 11 is 3.30. The van der Waals surface area contributed by atoms with Gasteiger partial charge in [0.25, 0.3) is 0 Å². The summed E-state index contributed by atoms with van der Waals surface area (Å²) in [4.78, 5) is 0. The molecule has 0 aliphatic heterocycles. The van der Waals surface area contributed by atoms with Crippen LogP contribution in [0.25, 0.3) is 0 Å². The monoisotopic (exact) mass is 404 g/mol. The Balaban J connectivity index is 2.20. The van der Waals surface area contributed by atoms with Crippen molar-refractivity contribution in [1.82, 2.24) is 9.69 Å². The Morgan fingerprint density at radius 1 is 1.35 bits per heavy atom. The van der Waals surface area contributed by atoms with Gasteiger partial charge in [0.15, 0.2) is 0 Å². The Hall–Kier alpha value is -1.39. The van der Waals surface area contributed by atoms with Gasteiger partial charge in [0.05, 0.1) is 6.61 Å². The molecule has 2 aromatic rings. The summed E-state index contributed by atoms with van der Waals surface area (Å²) in [6, 6.07) is 7.73. The molecule has 0 unspecified atom stereocenters. The van der Waals surface area contributed by atoms with E-state index >= 15 is 0 Å². The summed E-state index contributed by atoms with van der Waals surface area (Å²) in [7, 11) is 0. The zero-order chi connectivity index (χ0) is 14.5. The molecule has 1 aromatic heterocycles. The van der Waals surface area contributed by atoms with Gasteiger partial charge in [-0.25, -0.2) is 0 Å². The maximum Gasteiger partial charge on any atom is 0.236 e. The molecule has 6 nitrogen and oxygen atoms in total. The molecule has 0 saturated carbocycles. The second-order valence-corrected chi connectivity index (χ2v) is 5.89. The van der Waals surface area contributed by atoms with Crippen molar-refractivity contribution < 1.29 is 10.2 Å². The van der Waals surface area contributed by atoms with Crippen LogP contribution in [-0.4, -0.2) is 33.6 Å². The fraction of sp³-hybridized carbons (Fsp3) is 0.167. The number of aromatic nitrogens is 1. The first-order chi connectivity index (χ1) is 9.61. The van der Waals surface area contributed by atoms with E-state index in [9.17, 15) is 5.11 Å². The molecule has 0 atom stereocenters. The molecule has 1 heterocycles. The highest BCUT2D eigenvalue weighted by atomic mass is 127. The lowest BCUT2D eigenvalue weighted by molar-refractivity contribution is 0.300. The average Bonchev–Trinajstić information content (AvgIpc) is 2.80. The van der Waals surface area contributed by atoms with Gasteiger partial charge in [-0.05, 0) is 58.4 Å². The summed E-state index contributed by atoms with van der Waals surface area (Å²) in [5, 5.41) is 32.8. The second-order valence-electron chi connectivity index (χ2n) is 3.87. The van der Waals surface area contributed by atoms with Gasteiger partial charge in [0.1, 0.15) is 16.4 Å². The lowest BCUT2D eigenvalue weighted by Gasteiger charge is -2.09. The minimum absolute atomic E-state index is 0.0262. The number of aliphatic hydroxyl groups is 1. The number of amidine groups is 1. The van der Waals surface area contributed by atoms with Gasteiger partial charge in [-0.15, -0.1) is 0 Å². The number of aliphatic hydroxyl groups excluding tert-OH is 1. The summed E-state index contributed by atoms with van der Waals surface area (Å²) in [5.74, 6) is -0.170. The molecule has 0 aliphatic rings.